The molecule has 1 atom stereocenters. The first-order valence-electron chi connectivity index (χ1n) is 10.9. The first-order valence-corrected chi connectivity index (χ1v) is 12.3. The molecule has 1 aliphatic rings. The van der Waals surface area contributed by atoms with Gasteiger partial charge >= 0.3 is 0 Å². The van der Waals surface area contributed by atoms with Gasteiger partial charge in [0.1, 0.15) is 4.90 Å². The summed E-state index contributed by atoms with van der Waals surface area (Å²) in [4.78, 5) is 17.0. The average molecular weight is 474 g/mol. The van der Waals surface area contributed by atoms with E-state index in [1.165, 1.54) is 12.3 Å². The number of hydrogen-bond acceptors (Lipinski definition) is 4. The highest BCUT2D eigenvalue weighted by Crippen LogP contribution is 2.27. The largest absolute Gasteiger partial charge is 0.349 e. The smallest absolute Gasteiger partial charge is 0.242 e. The molecule has 0 bridgehead atoms. The zero-order chi connectivity index (χ0) is 23.6. The molecule has 3 aromatic rings. The Bertz CT molecular complexity index is 1270. The van der Waals surface area contributed by atoms with Gasteiger partial charge < -0.3 is 5.32 Å². The van der Waals surface area contributed by atoms with Crippen molar-refractivity contribution in [2.75, 3.05) is 0 Å². The number of aromatic nitrogens is 1. The molecule has 1 heterocycles. The number of rotatable bonds is 6. The SMILES string of the molecule is CC(NC(=O)C1CCC(NS(=O)(=O)c2cnc3ccccc3c2)CC1)c1ccc(F)c(F)c1. The van der Waals surface area contributed by atoms with Gasteiger partial charge in [-0.3, -0.25) is 9.78 Å². The van der Waals surface area contributed by atoms with Gasteiger partial charge in [-0.15, -0.1) is 0 Å². The Morgan fingerprint density at radius 1 is 1.03 bits per heavy atom. The summed E-state index contributed by atoms with van der Waals surface area (Å²) >= 11 is 0. The Labute approximate surface area is 191 Å². The van der Waals surface area contributed by atoms with Gasteiger partial charge in [0, 0.05) is 23.5 Å². The molecule has 0 aliphatic heterocycles. The highest BCUT2D eigenvalue weighted by Gasteiger charge is 2.30. The maximum Gasteiger partial charge on any atom is 0.242 e. The van der Waals surface area contributed by atoms with Crippen molar-refractivity contribution >= 4 is 26.8 Å². The molecule has 6 nitrogen and oxygen atoms in total. The van der Waals surface area contributed by atoms with Crippen LogP contribution in [0.2, 0.25) is 0 Å². The van der Waals surface area contributed by atoms with Gasteiger partial charge in [0.05, 0.1) is 11.6 Å². The van der Waals surface area contributed by atoms with E-state index in [0.717, 1.165) is 23.0 Å². The topological polar surface area (TPSA) is 88.2 Å². The van der Waals surface area contributed by atoms with Crippen LogP contribution in [0.25, 0.3) is 10.9 Å². The standard InChI is InChI=1S/C24H25F2N3O3S/c1-15(17-8-11-21(25)22(26)13-17)28-24(30)16-6-9-19(10-7-16)29-33(31,32)20-12-18-4-2-3-5-23(18)27-14-20/h2-5,8,11-16,19,29H,6-7,9-10H2,1H3,(H,28,30). The number of halogens is 2. The lowest BCUT2D eigenvalue weighted by Gasteiger charge is -2.29. The van der Waals surface area contributed by atoms with E-state index in [1.54, 1.807) is 13.0 Å². The van der Waals surface area contributed by atoms with Gasteiger partial charge in [0.25, 0.3) is 0 Å². The third kappa shape index (κ3) is 5.36. The van der Waals surface area contributed by atoms with Crippen LogP contribution in [0.15, 0.2) is 59.6 Å². The highest BCUT2D eigenvalue weighted by atomic mass is 32.2. The van der Waals surface area contributed by atoms with E-state index in [-0.39, 0.29) is 22.8 Å². The molecule has 1 fully saturated rings. The predicted octanol–water partition coefficient (Wildman–Crippen LogP) is 4.23. The molecule has 1 aliphatic carbocycles. The highest BCUT2D eigenvalue weighted by molar-refractivity contribution is 7.89. The minimum absolute atomic E-state index is 0.112. The Kier molecular flexibility index (Phi) is 6.71. The molecule has 0 saturated heterocycles. The second-order valence-corrected chi connectivity index (χ2v) is 10.2. The lowest BCUT2D eigenvalue weighted by Crippen LogP contribution is -2.41. The number of sulfonamides is 1. The maximum atomic E-state index is 13.5. The zero-order valence-electron chi connectivity index (χ0n) is 18.1. The van der Waals surface area contributed by atoms with Gasteiger partial charge in [-0.2, -0.15) is 0 Å². The molecule has 0 spiro atoms. The quantitative estimate of drug-likeness (QED) is 0.561. The summed E-state index contributed by atoms with van der Waals surface area (Å²) in [6.45, 7) is 1.71. The molecule has 1 amide bonds. The number of carbonyl (C=O) groups is 1. The minimum atomic E-state index is -3.73. The second-order valence-electron chi connectivity index (χ2n) is 8.44. The molecule has 33 heavy (non-hydrogen) atoms. The van der Waals surface area contributed by atoms with Gasteiger partial charge in [-0.25, -0.2) is 21.9 Å². The molecule has 2 N–H and O–H groups in total. The zero-order valence-corrected chi connectivity index (χ0v) is 18.9. The van der Waals surface area contributed by atoms with Crippen molar-refractivity contribution in [1.29, 1.82) is 0 Å². The molecule has 1 saturated carbocycles. The molecule has 174 valence electrons. The fourth-order valence-corrected chi connectivity index (χ4v) is 5.44. The molecule has 9 heteroatoms. The third-order valence-electron chi connectivity index (χ3n) is 6.10. The summed E-state index contributed by atoms with van der Waals surface area (Å²) in [6, 6.07) is 11.7. The maximum absolute atomic E-state index is 13.5. The van der Waals surface area contributed by atoms with E-state index < -0.39 is 27.7 Å². The van der Waals surface area contributed by atoms with Crippen molar-refractivity contribution in [3.63, 3.8) is 0 Å². The lowest BCUT2D eigenvalue weighted by molar-refractivity contribution is -0.126. The molecule has 1 unspecified atom stereocenters. The molecule has 0 radical (unpaired) electrons. The predicted molar refractivity (Wildman–Crippen MR) is 121 cm³/mol. The van der Waals surface area contributed by atoms with Gasteiger partial charge in [0.15, 0.2) is 11.6 Å². The van der Waals surface area contributed by atoms with Crippen molar-refractivity contribution in [2.24, 2.45) is 5.92 Å². The molecular formula is C24H25F2N3O3S. The lowest BCUT2D eigenvalue weighted by atomic mass is 9.85. The number of fused-ring (bicyclic) bond motifs is 1. The van der Waals surface area contributed by atoms with Crippen LogP contribution in [-0.2, 0) is 14.8 Å². The number of nitrogens with one attached hydrogen (secondary N) is 2. The number of benzene rings is 2. The Morgan fingerprint density at radius 3 is 2.48 bits per heavy atom. The van der Waals surface area contributed by atoms with Crippen molar-refractivity contribution in [3.05, 3.63) is 71.9 Å². The summed E-state index contributed by atoms with van der Waals surface area (Å²) in [7, 11) is -3.73. The second kappa shape index (κ2) is 9.52. The summed E-state index contributed by atoms with van der Waals surface area (Å²) in [5.74, 6) is -2.33. The Hall–Kier alpha value is -2.91. The number of pyridine rings is 1. The van der Waals surface area contributed by atoms with Crippen LogP contribution in [0.1, 0.15) is 44.2 Å². The van der Waals surface area contributed by atoms with Crippen LogP contribution >= 0.6 is 0 Å². The van der Waals surface area contributed by atoms with Crippen LogP contribution in [0, 0.1) is 17.6 Å². The van der Waals surface area contributed by atoms with E-state index in [9.17, 15) is 22.0 Å². The third-order valence-corrected chi connectivity index (χ3v) is 7.59. The Balaban J connectivity index is 1.33. The van der Waals surface area contributed by atoms with Gasteiger partial charge in [-0.05, 0) is 62.4 Å². The van der Waals surface area contributed by atoms with E-state index in [0.29, 0.717) is 31.2 Å². The molecule has 4 rings (SSSR count). The number of para-hydroxylation sites is 1. The van der Waals surface area contributed by atoms with Crippen molar-refractivity contribution in [2.45, 2.75) is 49.6 Å². The summed E-state index contributed by atoms with van der Waals surface area (Å²) < 4.78 is 55.0. The van der Waals surface area contributed by atoms with Gasteiger partial charge in [0.2, 0.25) is 15.9 Å². The summed E-state index contributed by atoms with van der Waals surface area (Å²) in [5.41, 5.74) is 1.20. The fourth-order valence-electron chi connectivity index (χ4n) is 4.16. The van der Waals surface area contributed by atoms with E-state index >= 15 is 0 Å². The van der Waals surface area contributed by atoms with Crippen molar-refractivity contribution in [3.8, 4) is 0 Å². The van der Waals surface area contributed by atoms with Crippen molar-refractivity contribution in [1.82, 2.24) is 15.0 Å². The number of carbonyl (C=O) groups excluding carboxylic acids is 1. The molecule has 1 aromatic heterocycles. The van der Waals surface area contributed by atoms with Gasteiger partial charge in [-0.1, -0.05) is 24.3 Å². The number of amides is 1. The first kappa shape index (κ1) is 23.3. The summed E-state index contributed by atoms with van der Waals surface area (Å²) in [5, 5.41) is 3.59. The van der Waals surface area contributed by atoms with Crippen LogP contribution in [0.3, 0.4) is 0 Å². The first-order chi connectivity index (χ1) is 15.7. The fraction of sp³-hybridized carbons (Fsp3) is 0.333. The molecular weight excluding hydrogens is 448 g/mol. The van der Waals surface area contributed by atoms with Crippen LogP contribution < -0.4 is 10.0 Å². The van der Waals surface area contributed by atoms with Crippen molar-refractivity contribution < 1.29 is 22.0 Å². The average Bonchev–Trinajstić information content (AvgIpc) is 2.80. The normalized spacial score (nSPS) is 19.8. The minimum Gasteiger partial charge on any atom is -0.349 e. The van der Waals surface area contributed by atoms with E-state index in [4.69, 9.17) is 0 Å². The number of nitrogens with zero attached hydrogens (tertiary/aromatic N) is 1. The summed E-state index contributed by atoms with van der Waals surface area (Å²) in [6.07, 6.45) is 3.46. The van der Waals surface area contributed by atoms with Crippen LogP contribution in [0.4, 0.5) is 8.78 Å². The van der Waals surface area contributed by atoms with E-state index in [1.807, 2.05) is 24.3 Å². The van der Waals surface area contributed by atoms with Crippen LogP contribution in [-0.4, -0.2) is 25.4 Å². The Morgan fingerprint density at radius 2 is 1.76 bits per heavy atom. The number of hydrogen-bond donors (Lipinski definition) is 2. The van der Waals surface area contributed by atoms with E-state index in [2.05, 4.69) is 15.0 Å². The van der Waals surface area contributed by atoms with Crippen LogP contribution in [0.5, 0.6) is 0 Å². The monoisotopic (exact) mass is 473 g/mol. The molecule has 2 aromatic carbocycles.